The lowest BCUT2D eigenvalue weighted by Crippen LogP contribution is -2.44. The molecule has 22 heavy (non-hydrogen) atoms. The predicted molar refractivity (Wildman–Crippen MR) is 80.8 cm³/mol. The van der Waals surface area contributed by atoms with Crippen molar-refractivity contribution >= 4 is 5.97 Å². The molecule has 0 saturated carbocycles. The largest absolute Gasteiger partial charge is 0.478 e. The molecule has 0 aromatic carbocycles. The molecular weight excluding hydrogens is 292 g/mol. The average Bonchev–Trinajstić information content (AvgIpc) is 2.36. The molecule has 8 heteroatoms. The van der Waals surface area contributed by atoms with Gasteiger partial charge in [0.2, 0.25) is 11.1 Å². The van der Waals surface area contributed by atoms with Gasteiger partial charge in [0, 0.05) is 55.0 Å². The minimum absolute atomic E-state index is 0.00830. The summed E-state index contributed by atoms with van der Waals surface area (Å²) in [4.78, 5) is 32.5. The van der Waals surface area contributed by atoms with Crippen LogP contribution in [-0.2, 0) is 4.79 Å². The molecule has 0 aliphatic rings. The molecule has 2 atom stereocenters. The Hall–Kier alpha value is -1.99. The van der Waals surface area contributed by atoms with Crippen LogP contribution in [0.25, 0.3) is 0 Å². The van der Waals surface area contributed by atoms with Gasteiger partial charge in [0.25, 0.3) is 0 Å². The highest BCUT2D eigenvalue weighted by molar-refractivity contribution is 5.85. The van der Waals surface area contributed by atoms with Crippen LogP contribution >= 0.6 is 0 Å². The number of aliphatic carboxylic acids is 1. The zero-order chi connectivity index (χ0) is 17.9. The summed E-state index contributed by atoms with van der Waals surface area (Å²) < 4.78 is 0. The summed E-state index contributed by atoms with van der Waals surface area (Å²) in [6.07, 6.45) is 1.48. The van der Waals surface area contributed by atoms with E-state index in [1.54, 1.807) is 6.92 Å². The lowest BCUT2D eigenvalue weighted by Gasteiger charge is -2.30. The second-order valence-corrected chi connectivity index (χ2v) is 6.72. The number of hydrogen-bond donors (Lipinski definition) is 1. The molecule has 0 spiro atoms. The van der Waals surface area contributed by atoms with Crippen molar-refractivity contribution in [1.82, 2.24) is 0 Å². The van der Waals surface area contributed by atoms with Crippen LogP contribution in [0.2, 0.25) is 0 Å². The monoisotopic (exact) mass is 316 g/mol. The van der Waals surface area contributed by atoms with Crippen molar-refractivity contribution in [3.8, 4) is 0 Å². The van der Waals surface area contributed by atoms with Crippen LogP contribution in [-0.4, -0.2) is 32.0 Å². The van der Waals surface area contributed by atoms with E-state index in [-0.39, 0.29) is 12.0 Å². The van der Waals surface area contributed by atoms with Crippen molar-refractivity contribution in [2.45, 2.75) is 59.0 Å². The maximum absolute atomic E-state index is 11.3. The number of nitro groups is 2. The Morgan fingerprint density at radius 3 is 1.86 bits per heavy atom. The Kier molecular flexibility index (Phi) is 6.23. The molecule has 0 bridgehead atoms. The summed E-state index contributed by atoms with van der Waals surface area (Å²) in [6.45, 7) is 8.72. The molecule has 1 N–H and O–H groups in total. The minimum atomic E-state index is -1.42. The van der Waals surface area contributed by atoms with Crippen molar-refractivity contribution in [2.75, 3.05) is 0 Å². The molecule has 0 aromatic heterocycles. The Labute approximate surface area is 129 Å². The van der Waals surface area contributed by atoms with E-state index in [1.807, 2.05) is 0 Å². The van der Waals surface area contributed by atoms with E-state index in [4.69, 9.17) is 5.11 Å². The number of carbonyl (C=O) groups is 1. The number of carboxylic acid groups (broad SMARTS) is 1. The second kappa shape index (κ2) is 6.85. The smallest absolute Gasteiger partial charge is 0.330 e. The van der Waals surface area contributed by atoms with Crippen molar-refractivity contribution in [3.05, 3.63) is 31.9 Å². The van der Waals surface area contributed by atoms with Gasteiger partial charge in [0.1, 0.15) is 0 Å². The van der Waals surface area contributed by atoms with E-state index in [9.17, 15) is 25.0 Å². The van der Waals surface area contributed by atoms with E-state index >= 15 is 0 Å². The molecule has 8 nitrogen and oxygen atoms in total. The quantitative estimate of drug-likeness (QED) is 0.417. The van der Waals surface area contributed by atoms with E-state index < -0.39 is 38.7 Å². The van der Waals surface area contributed by atoms with Crippen LogP contribution in [0.4, 0.5) is 0 Å². The molecule has 0 radical (unpaired) electrons. The van der Waals surface area contributed by atoms with Gasteiger partial charge in [-0.05, 0) is 13.3 Å². The molecule has 0 aliphatic heterocycles. The van der Waals surface area contributed by atoms with Crippen LogP contribution < -0.4 is 0 Å². The standard InChI is InChI=1S/C14H24N2O6/c1-9(12(17)18)7-11(14(5,6)16(21)22)8-10(2)13(3,4)15(19)20/h7,10-11H,8H2,1-6H3,(H,17,18). The first-order valence-corrected chi connectivity index (χ1v) is 6.95. The highest BCUT2D eigenvalue weighted by atomic mass is 16.6. The number of rotatable bonds is 8. The molecule has 0 saturated heterocycles. The lowest BCUT2D eigenvalue weighted by molar-refractivity contribution is -0.578. The van der Waals surface area contributed by atoms with E-state index in [1.165, 1.54) is 40.7 Å². The molecule has 126 valence electrons. The molecule has 2 unspecified atom stereocenters. The fourth-order valence-electron chi connectivity index (χ4n) is 1.92. The maximum Gasteiger partial charge on any atom is 0.330 e. The number of carboxylic acids is 1. The van der Waals surface area contributed by atoms with Gasteiger partial charge in [-0.1, -0.05) is 13.0 Å². The summed E-state index contributed by atoms with van der Waals surface area (Å²) in [6, 6.07) is 0. The van der Waals surface area contributed by atoms with Crippen LogP contribution in [0.15, 0.2) is 11.6 Å². The Bertz CT molecular complexity index is 496. The van der Waals surface area contributed by atoms with Gasteiger partial charge < -0.3 is 5.11 Å². The number of nitrogens with zero attached hydrogens (tertiary/aromatic N) is 2. The van der Waals surface area contributed by atoms with Gasteiger partial charge in [0.05, 0.1) is 0 Å². The lowest BCUT2D eigenvalue weighted by atomic mass is 9.75. The number of hydrogen-bond acceptors (Lipinski definition) is 5. The average molecular weight is 316 g/mol. The zero-order valence-corrected chi connectivity index (χ0v) is 13.8. The van der Waals surface area contributed by atoms with Crippen molar-refractivity contribution in [3.63, 3.8) is 0 Å². The molecule has 0 aromatic rings. The Morgan fingerprint density at radius 1 is 1.14 bits per heavy atom. The molecule has 0 aliphatic carbocycles. The zero-order valence-electron chi connectivity index (χ0n) is 13.8. The van der Waals surface area contributed by atoms with Gasteiger partial charge in [-0.3, -0.25) is 20.2 Å². The van der Waals surface area contributed by atoms with Gasteiger partial charge in [-0.25, -0.2) is 4.79 Å². The molecular formula is C14H24N2O6. The highest BCUT2D eigenvalue weighted by Crippen LogP contribution is 2.34. The van der Waals surface area contributed by atoms with E-state index in [0.717, 1.165) is 0 Å². The molecule has 0 heterocycles. The molecule has 0 rings (SSSR count). The molecule has 0 amide bonds. The van der Waals surface area contributed by atoms with Crippen LogP contribution in [0.3, 0.4) is 0 Å². The second-order valence-electron chi connectivity index (χ2n) is 6.72. The van der Waals surface area contributed by atoms with Crippen molar-refractivity contribution < 1.29 is 19.7 Å². The summed E-state index contributed by atoms with van der Waals surface area (Å²) in [5.41, 5.74) is -2.68. The predicted octanol–water partition coefficient (Wildman–Crippen LogP) is 2.77. The van der Waals surface area contributed by atoms with Gasteiger partial charge >= 0.3 is 5.97 Å². The highest BCUT2D eigenvalue weighted by Gasteiger charge is 2.45. The van der Waals surface area contributed by atoms with Gasteiger partial charge in [0.15, 0.2) is 0 Å². The first kappa shape index (κ1) is 20.0. The third kappa shape index (κ3) is 4.51. The summed E-state index contributed by atoms with van der Waals surface area (Å²) in [5, 5.41) is 31.4. The van der Waals surface area contributed by atoms with Gasteiger partial charge in [-0.2, -0.15) is 0 Å². The van der Waals surface area contributed by atoms with Crippen molar-refractivity contribution in [2.24, 2.45) is 11.8 Å². The third-order valence-electron chi connectivity index (χ3n) is 4.45. The SMILES string of the molecule is CC(=CC(CC(C)C(C)(C)[N+](=O)[O-])C(C)(C)[N+](=O)[O-])C(=O)O. The normalized spacial score (nSPS) is 16.0. The van der Waals surface area contributed by atoms with E-state index in [0.29, 0.717) is 0 Å². The fourth-order valence-corrected chi connectivity index (χ4v) is 1.92. The Balaban J connectivity index is 5.64. The first-order valence-electron chi connectivity index (χ1n) is 6.95. The maximum atomic E-state index is 11.3. The third-order valence-corrected chi connectivity index (χ3v) is 4.45. The summed E-state index contributed by atoms with van der Waals surface area (Å²) in [7, 11) is 0. The first-order chi connectivity index (χ1) is 9.74. The summed E-state index contributed by atoms with van der Waals surface area (Å²) in [5.74, 6) is -2.36. The summed E-state index contributed by atoms with van der Waals surface area (Å²) >= 11 is 0. The minimum Gasteiger partial charge on any atom is -0.478 e. The van der Waals surface area contributed by atoms with Gasteiger partial charge in [-0.15, -0.1) is 0 Å². The molecule has 0 fully saturated rings. The van der Waals surface area contributed by atoms with Crippen LogP contribution in [0, 0.1) is 32.1 Å². The van der Waals surface area contributed by atoms with E-state index in [2.05, 4.69) is 0 Å². The van der Waals surface area contributed by atoms with Crippen molar-refractivity contribution in [1.29, 1.82) is 0 Å². The topological polar surface area (TPSA) is 124 Å². The fraction of sp³-hybridized carbons (Fsp3) is 0.786. The van der Waals surface area contributed by atoms with Crippen LogP contribution in [0.5, 0.6) is 0 Å². The Morgan fingerprint density at radius 2 is 1.55 bits per heavy atom. The van der Waals surface area contributed by atoms with Crippen LogP contribution in [0.1, 0.15) is 48.0 Å².